The lowest BCUT2D eigenvalue weighted by Crippen LogP contribution is -2.19. The second-order valence-corrected chi connectivity index (χ2v) is 7.27. The number of hydrogen-bond acceptors (Lipinski definition) is 3. The summed E-state index contributed by atoms with van der Waals surface area (Å²) in [6.45, 7) is 8.94. The predicted molar refractivity (Wildman–Crippen MR) is 86.4 cm³/mol. The number of aromatic nitrogens is 1. The minimum Gasteiger partial charge on any atom is -0.367 e. The number of rotatable bonds is 3. The maximum Gasteiger partial charge on any atom is 0.230 e. The molecule has 0 saturated heterocycles. The van der Waals surface area contributed by atoms with Crippen LogP contribution in [0.4, 0.5) is 5.88 Å². The van der Waals surface area contributed by atoms with Gasteiger partial charge in [-0.05, 0) is 35.4 Å². The van der Waals surface area contributed by atoms with Gasteiger partial charge in [-0.3, -0.25) is 0 Å². The zero-order valence-electron chi connectivity index (χ0n) is 12.4. The lowest BCUT2D eigenvalue weighted by Gasteiger charge is -2.26. The van der Waals surface area contributed by atoms with Crippen LogP contribution in [-0.2, 0) is 6.42 Å². The van der Waals surface area contributed by atoms with Crippen LogP contribution in [0.15, 0.2) is 33.3 Å². The Morgan fingerprint density at radius 3 is 2.65 bits per heavy atom. The van der Waals surface area contributed by atoms with Crippen molar-refractivity contribution < 1.29 is 4.52 Å². The molecule has 0 aliphatic rings. The maximum atomic E-state index is 5.96. The van der Waals surface area contributed by atoms with Crippen LogP contribution in [0, 0.1) is 11.3 Å². The summed E-state index contributed by atoms with van der Waals surface area (Å²) in [5, 5.41) is 4.16. The lowest BCUT2D eigenvalue weighted by atomic mass is 9.79. The standard InChI is InChI=1S/C16H21BrN2O/c1-10(16(2,3)4)8-13-14(15(18)20-19-13)11-6-5-7-12(17)9-11/h5-7,9-10H,8,18H2,1-4H3. The van der Waals surface area contributed by atoms with Crippen LogP contribution in [0.2, 0.25) is 0 Å². The molecule has 2 aromatic rings. The third-order valence-corrected chi connectivity index (χ3v) is 4.37. The van der Waals surface area contributed by atoms with Gasteiger partial charge in [0.2, 0.25) is 5.88 Å². The molecule has 1 aromatic carbocycles. The second-order valence-electron chi connectivity index (χ2n) is 6.35. The first-order valence-corrected chi connectivity index (χ1v) is 7.58. The Balaban J connectivity index is 2.38. The van der Waals surface area contributed by atoms with Crippen molar-refractivity contribution in [1.29, 1.82) is 0 Å². The SMILES string of the molecule is CC(Cc1noc(N)c1-c1cccc(Br)c1)C(C)(C)C. The summed E-state index contributed by atoms with van der Waals surface area (Å²) in [7, 11) is 0. The molecule has 4 heteroatoms. The first-order chi connectivity index (χ1) is 9.29. The molecule has 1 unspecified atom stereocenters. The molecule has 3 nitrogen and oxygen atoms in total. The van der Waals surface area contributed by atoms with Gasteiger partial charge in [0.25, 0.3) is 0 Å². The smallest absolute Gasteiger partial charge is 0.230 e. The zero-order chi connectivity index (χ0) is 14.9. The van der Waals surface area contributed by atoms with Gasteiger partial charge in [-0.1, -0.05) is 60.9 Å². The van der Waals surface area contributed by atoms with Crippen LogP contribution >= 0.6 is 15.9 Å². The molecule has 2 rings (SSSR count). The van der Waals surface area contributed by atoms with Crippen molar-refractivity contribution in [2.45, 2.75) is 34.1 Å². The van der Waals surface area contributed by atoms with Crippen molar-refractivity contribution in [2.75, 3.05) is 5.73 Å². The van der Waals surface area contributed by atoms with Gasteiger partial charge in [-0.2, -0.15) is 0 Å². The summed E-state index contributed by atoms with van der Waals surface area (Å²) >= 11 is 3.49. The van der Waals surface area contributed by atoms with Crippen molar-refractivity contribution in [3.8, 4) is 11.1 Å². The first kappa shape index (κ1) is 15.1. The highest BCUT2D eigenvalue weighted by atomic mass is 79.9. The fourth-order valence-electron chi connectivity index (χ4n) is 2.03. The van der Waals surface area contributed by atoms with E-state index in [9.17, 15) is 0 Å². The summed E-state index contributed by atoms with van der Waals surface area (Å²) < 4.78 is 6.23. The Hall–Kier alpha value is -1.29. The Labute approximate surface area is 128 Å². The highest BCUT2D eigenvalue weighted by Gasteiger charge is 2.24. The molecule has 0 aliphatic heterocycles. The van der Waals surface area contributed by atoms with Crippen LogP contribution in [0.5, 0.6) is 0 Å². The predicted octanol–water partition coefficient (Wildman–Crippen LogP) is 4.91. The molecule has 1 aromatic heterocycles. The van der Waals surface area contributed by atoms with Gasteiger partial charge in [0.1, 0.15) is 0 Å². The van der Waals surface area contributed by atoms with Crippen molar-refractivity contribution in [2.24, 2.45) is 11.3 Å². The van der Waals surface area contributed by atoms with Crippen LogP contribution in [0.1, 0.15) is 33.4 Å². The molecule has 1 atom stereocenters. The van der Waals surface area contributed by atoms with Crippen molar-refractivity contribution in [1.82, 2.24) is 5.16 Å². The monoisotopic (exact) mass is 336 g/mol. The molecule has 0 spiro atoms. The molecule has 108 valence electrons. The minimum atomic E-state index is 0.224. The van der Waals surface area contributed by atoms with Gasteiger partial charge < -0.3 is 10.3 Å². The first-order valence-electron chi connectivity index (χ1n) is 6.79. The van der Waals surface area contributed by atoms with E-state index in [-0.39, 0.29) is 5.41 Å². The highest BCUT2D eigenvalue weighted by molar-refractivity contribution is 9.10. The fourth-order valence-corrected chi connectivity index (χ4v) is 2.43. The molecule has 0 amide bonds. The number of nitrogens with two attached hydrogens (primary N) is 1. The summed E-state index contributed by atoms with van der Waals surface area (Å²) in [5.74, 6) is 0.872. The van der Waals surface area contributed by atoms with Crippen molar-refractivity contribution >= 4 is 21.8 Å². The molecule has 0 fully saturated rings. The number of nitrogens with zero attached hydrogens (tertiary/aromatic N) is 1. The molecule has 1 heterocycles. The van der Waals surface area contributed by atoms with Gasteiger partial charge in [0, 0.05) is 4.47 Å². The van der Waals surface area contributed by atoms with E-state index in [0.717, 1.165) is 27.7 Å². The Bertz CT molecular complexity index is 599. The Morgan fingerprint density at radius 1 is 1.35 bits per heavy atom. The molecule has 0 aliphatic carbocycles. The zero-order valence-corrected chi connectivity index (χ0v) is 14.0. The molecule has 0 bridgehead atoms. The molecule has 2 N–H and O–H groups in total. The van der Waals surface area contributed by atoms with Gasteiger partial charge in [-0.15, -0.1) is 0 Å². The number of benzene rings is 1. The third-order valence-electron chi connectivity index (χ3n) is 3.88. The molecule has 0 saturated carbocycles. The van der Waals surface area contributed by atoms with Gasteiger partial charge in [0.05, 0.1) is 11.3 Å². The number of hydrogen-bond donors (Lipinski definition) is 1. The third kappa shape index (κ3) is 3.23. The lowest BCUT2D eigenvalue weighted by molar-refractivity contribution is 0.255. The highest BCUT2D eigenvalue weighted by Crippen LogP contribution is 2.35. The van der Waals surface area contributed by atoms with Gasteiger partial charge >= 0.3 is 0 Å². The topological polar surface area (TPSA) is 52.0 Å². The summed E-state index contributed by atoms with van der Waals surface area (Å²) in [5.41, 5.74) is 9.08. The fraction of sp³-hybridized carbons (Fsp3) is 0.438. The van der Waals surface area contributed by atoms with E-state index in [2.05, 4.69) is 48.8 Å². The number of nitrogen functional groups attached to an aromatic ring is 1. The maximum absolute atomic E-state index is 5.96. The van der Waals surface area contributed by atoms with E-state index in [1.165, 1.54) is 0 Å². The summed E-state index contributed by atoms with van der Waals surface area (Å²) in [6.07, 6.45) is 0.853. The second kappa shape index (κ2) is 5.60. The number of anilines is 1. The van der Waals surface area contributed by atoms with E-state index in [1.54, 1.807) is 0 Å². The average molecular weight is 337 g/mol. The number of halogens is 1. The summed E-state index contributed by atoms with van der Waals surface area (Å²) in [6, 6.07) is 8.04. The van der Waals surface area contributed by atoms with E-state index >= 15 is 0 Å². The quantitative estimate of drug-likeness (QED) is 0.866. The van der Waals surface area contributed by atoms with Crippen LogP contribution in [0.25, 0.3) is 11.1 Å². The van der Waals surface area contributed by atoms with Crippen molar-refractivity contribution in [3.05, 3.63) is 34.4 Å². The van der Waals surface area contributed by atoms with E-state index in [4.69, 9.17) is 10.3 Å². The van der Waals surface area contributed by atoms with E-state index in [1.807, 2.05) is 24.3 Å². The Kier molecular flexibility index (Phi) is 4.23. The van der Waals surface area contributed by atoms with Crippen LogP contribution in [-0.4, -0.2) is 5.16 Å². The van der Waals surface area contributed by atoms with E-state index in [0.29, 0.717) is 11.8 Å². The minimum absolute atomic E-state index is 0.224. The molecule has 0 radical (unpaired) electrons. The van der Waals surface area contributed by atoms with Crippen LogP contribution < -0.4 is 5.73 Å². The van der Waals surface area contributed by atoms with Gasteiger partial charge in [-0.25, -0.2) is 0 Å². The van der Waals surface area contributed by atoms with E-state index < -0.39 is 0 Å². The molecule has 20 heavy (non-hydrogen) atoms. The normalized spacial score (nSPS) is 13.4. The van der Waals surface area contributed by atoms with Crippen LogP contribution in [0.3, 0.4) is 0 Å². The van der Waals surface area contributed by atoms with Gasteiger partial charge in [0.15, 0.2) is 0 Å². The molecular weight excluding hydrogens is 316 g/mol. The average Bonchev–Trinajstić information content (AvgIpc) is 2.69. The largest absolute Gasteiger partial charge is 0.367 e. The molecular formula is C16H21BrN2O. The summed E-state index contributed by atoms with van der Waals surface area (Å²) in [4.78, 5) is 0. The Morgan fingerprint density at radius 2 is 2.05 bits per heavy atom. The van der Waals surface area contributed by atoms with Crippen molar-refractivity contribution in [3.63, 3.8) is 0 Å².